The zero-order chi connectivity index (χ0) is 33.5. The number of pyridine rings is 2. The SMILES string of the molecule is CC(C)(C)OC(=O)NCCCBr.Cc1cc[n+](CCCNC(=O)OC(C)(C)C)c2ccccc12.Cc1ccnc2ccccc12.[Br-]. The van der Waals surface area contributed by atoms with Crippen LogP contribution in [0.15, 0.2) is 73.1 Å². The van der Waals surface area contributed by atoms with Gasteiger partial charge in [-0.2, -0.15) is 4.57 Å². The van der Waals surface area contributed by atoms with Crippen LogP contribution in [0, 0.1) is 13.8 Å². The van der Waals surface area contributed by atoms with Crippen molar-refractivity contribution in [3.8, 4) is 0 Å². The van der Waals surface area contributed by atoms with Crippen LogP contribution in [0.3, 0.4) is 0 Å². The molecule has 2 N–H and O–H groups in total. The second-order valence-electron chi connectivity index (χ2n) is 12.6. The van der Waals surface area contributed by atoms with Gasteiger partial charge >= 0.3 is 12.2 Å². The van der Waals surface area contributed by atoms with Crippen molar-refractivity contribution in [3.05, 3.63) is 84.2 Å². The maximum absolute atomic E-state index is 11.6. The lowest BCUT2D eigenvalue weighted by Crippen LogP contribution is -3.00. The highest BCUT2D eigenvalue weighted by atomic mass is 79.9. The molecule has 46 heavy (non-hydrogen) atoms. The summed E-state index contributed by atoms with van der Waals surface area (Å²) < 4.78 is 12.5. The molecule has 2 aromatic heterocycles. The molecule has 0 radical (unpaired) electrons. The molecule has 0 aliphatic carbocycles. The second-order valence-corrected chi connectivity index (χ2v) is 13.4. The van der Waals surface area contributed by atoms with Crippen LogP contribution in [-0.4, -0.2) is 46.8 Å². The Morgan fingerprint density at radius 3 is 1.85 bits per heavy atom. The number of nitrogens with one attached hydrogen (secondary N) is 2. The van der Waals surface area contributed by atoms with E-state index in [2.05, 4.69) is 92.6 Å². The van der Waals surface area contributed by atoms with Gasteiger partial charge in [0.15, 0.2) is 12.7 Å². The largest absolute Gasteiger partial charge is 1.00 e. The van der Waals surface area contributed by atoms with Crippen LogP contribution in [0.1, 0.15) is 65.5 Å². The number of carbonyl (C=O) groups is 2. The minimum Gasteiger partial charge on any atom is -1.00 e. The zero-order valence-corrected chi connectivity index (χ0v) is 31.6. The fourth-order valence-electron chi connectivity index (χ4n) is 4.19. The molecule has 8 nitrogen and oxygen atoms in total. The molecule has 0 spiro atoms. The molecule has 2 heterocycles. The molecular formula is C36H50Br2N4O4. The number of para-hydroxylation sites is 2. The molecule has 2 amide bonds. The molecule has 0 fully saturated rings. The van der Waals surface area contributed by atoms with Crippen molar-refractivity contribution < 1.29 is 40.6 Å². The van der Waals surface area contributed by atoms with E-state index in [0.29, 0.717) is 13.1 Å². The summed E-state index contributed by atoms with van der Waals surface area (Å²) in [5.41, 5.74) is 4.01. The first-order valence-electron chi connectivity index (χ1n) is 15.4. The van der Waals surface area contributed by atoms with Crippen molar-refractivity contribution in [2.24, 2.45) is 0 Å². The normalized spacial score (nSPS) is 10.8. The van der Waals surface area contributed by atoms with Crippen LogP contribution in [-0.2, 0) is 16.0 Å². The summed E-state index contributed by atoms with van der Waals surface area (Å²) in [5.74, 6) is 0. The lowest BCUT2D eigenvalue weighted by molar-refractivity contribution is -0.671. The first kappa shape index (κ1) is 40.8. The number of fused-ring (bicyclic) bond motifs is 2. The Kier molecular flexibility index (Phi) is 17.8. The van der Waals surface area contributed by atoms with Gasteiger partial charge in [-0.05, 0) is 91.1 Å². The Bertz CT molecular complexity index is 1510. The van der Waals surface area contributed by atoms with E-state index < -0.39 is 11.2 Å². The summed E-state index contributed by atoms with van der Waals surface area (Å²) in [6.45, 7) is 17.5. The highest BCUT2D eigenvalue weighted by Gasteiger charge is 2.16. The number of ether oxygens (including phenoxy) is 2. The number of nitrogens with zero attached hydrogens (tertiary/aromatic N) is 2. The van der Waals surface area contributed by atoms with Gasteiger partial charge in [-0.3, -0.25) is 4.98 Å². The van der Waals surface area contributed by atoms with E-state index in [1.165, 1.54) is 27.4 Å². The number of aromatic nitrogens is 2. The summed E-state index contributed by atoms with van der Waals surface area (Å²) in [6, 6.07) is 20.7. The molecule has 0 atom stereocenters. The van der Waals surface area contributed by atoms with Crippen LogP contribution >= 0.6 is 15.9 Å². The summed E-state index contributed by atoms with van der Waals surface area (Å²) >= 11 is 3.27. The Morgan fingerprint density at radius 2 is 1.28 bits per heavy atom. The lowest BCUT2D eigenvalue weighted by Gasteiger charge is -2.19. The van der Waals surface area contributed by atoms with Gasteiger partial charge < -0.3 is 37.1 Å². The van der Waals surface area contributed by atoms with Gasteiger partial charge in [-0.1, -0.05) is 46.3 Å². The second kappa shape index (κ2) is 20.1. The van der Waals surface area contributed by atoms with E-state index in [1.807, 2.05) is 72.0 Å². The van der Waals surface area contributed by atoms with Crippen LogP contribution in [0.4, 0.5) is 9.59 Å². The molecule has 4 aromatic rings. The van der Waals surface area contributed by atoms with Crippen molar-refractivity contribution in [2.45, 2.75) is 86.0 Å². The zero-order valence-electron chi connectivity index (χ0n) is 28.5. The van der Waals surface area contributed by atoms with Gasteiger partial charge in [0, 0.05) is 53.9 Å². The predicted molar refractivity (Wildman–Crippen MR) is 187 cm³/mol. The average molecular weight is 763 g/mol. The number of amides is 2. The number of alkyl halides is 1. The van der Waals surface area contributed by atoms with E-state index in [0.717, 1.165) is 30.2 Å². The first-order valence-corrected chi connectivity index (χ1v) is 16.5. The van der Waals surface area contributed by atoms with Gasteiger partial charge in [0.1, 0.15) is 11.2 Å². The third-order valence-electron chi connectivity index (χ3n) is 6.23. The third kappa shape index (κ3) is 15.9. The molecule has 0 unspecified atom stereocenters. The summed E-state index contributed by atoms with van der Waals surface area (Å²) in [4.78, 5) is 26.8. The number of aryl methyl sites for hydroxylation is 3. The van der Waals surface area contributed by atoms with Gasteiger partial charge in [-0.15, -0.1) is 0 Å². The van der Waals surface area contributed by atoms with E-state index >= 15 is 0 Å². The van der Waals surface area contributed by atoms with E-state index in [4.69, 9.17) is 9.47 Å². The molecule has 10 heteroatoms. The van der Waals surface area contributed by atoms with Gasteiger partial charge in [-0.25, -0.2) is 9.59 Å². The highest BCUT2D eigenvalue weighted by molar-refractivity contribution is 9.09. The van der Waals surface area contributed by atoms with Crippen molar-refractivity contribution >= 4 is 49.9 Å². The molecule has 0 aliphatic rings. The Balaban J connectivity index is 0.000000374. The molecule has 0 aliphatic heterocycles. The quantitative estimate of drug-likeness (QED) is 0.154. The fraction of sp³-hybridized carbons (Fsp3) is 0.444. The number of halogens is 2. The number of hydrogen-bond donors (Lipinski definition) is 2. The van der Waals surface area contributed by atoms with Crippen LogP contribution < -0.4 is 32.2 Å². The van der Waals surface area contributed by atoms with Gasteiger partial charge in [0.05, 0.1) is 5.52 Å². The van der Waals surface area contributed by atoms with Crippen LogP contribution in [0.25, 0.3) is 21.8 Å². The number of benzene rings is 2. The minimum atomic E-state index is -0.452. The van der Waals surface area contributed by atoms with Crippen molar-refractivity contribution in [1.29, 1.82) is 0 Å². The Hall–Kier alpha value is -3.24. The van der Waals surface area contributed by atoms with Crippen LogP contribution in [0.5, 0.6) is 0 Å². The molecule has 0 saturated heterocycles. The summed E-state index contributed by atoms with van der Waals surface area (Å²) in [6.07, 6.45) is 5.02. The lowest BCUT2D eigenvalue weighted by atomic mass is 10.1. The molecule has 2 aromatic carbocycles. The number of carbonyl (C=O) groups excluding carboxylic acids is 2. The average Bonchev–Trinajstić information content (AvgIpc) is 2.96. The minimum absolute atomic E-state index is 0. The standard InChI is InChI=1S/C18H24N2O2.C10H9N.C8H16BrNO2.BrH/c1-14-10-13-20(16-9-6-5-8-15(14)16)12-7-11-19-17(21)22-18(2,3)4;1-8-6-7-11-10-5-3-2-4-9(8)10;1-8(2,3)12-7(11)10-6-4-5-9;/h5-6,8-10,13H,7,11-12H2,1-4H3;2-7H,1H3;4-6H2,1-3H3,(H,10,11);1H. The number of hydrogen-bond acceptors (Lipinski definition) is 5. The van der Waals surface area contributed by atoms with E-state index in [9.17, 15) is 9.59 Å². The molecule has 252 valence electrons. The smallest absolute Gasteiger partial charge is 0.407 e. The molecular weight excluding hydrogens is 712 g/mol. The van der Waals surface area contributed by atoms with Crippen molar-refractivity contribution in [2.75, 3.05) is 18.4 Å². The van der Waals surface area contributed by atoms with Gasteiger partial charge in [0.25, 0.3) is 0 Å². The monoisotopic (exact) mass is 760 g/mol. The molecule has 0 bridgehead atoms. The molecule has 0 saturated carbocycles. The topological polar surface area (TPSA) is 93.4 Å². The highest BCUT2D eigenvalue weighted by Crippen LogP contribution is 2.15. The van der Waals surface area contributed by atoms with E-state index in [1.54, 1.807) is 0 Å². The summed E-state index contributed by atoms with van der Waals surface area (Å²) in [7, 11) is 0. The van der Waals surface area contributed by atoms with Crippen molar-refractivity contribution in [1.82, 2.24) is 15.6 Å². The predicted octanol–water partition coefficient (Wildman–Crippen LogP) is 5.19. The van der Waals surface area contributed by atoms with Crippen molar-refractivity contribution in [3.63, 3.8) is 0 Å². The maximum Gasteiger partial charge on any atom is 0.407 e. The van der Waals surface area contributed by atoms with Crippen LogP contribution in [0.2, 0.25) is 0 Å². The molecule has 4 rings (SSSR count). The summed E-state index contributed by atoms with van der Waals surface area (Å²) in [5, 5.41) is 8.85. The van der Waals surface area contributed by atoms with E-state index in [-0.39, 0.29) is 29.2 Å². The maximum atomic E-state index is 11.6. The third-order valence-corrected chi connectivity index (χ3v) is 6.79. The fourth-order valence-corrected chi connectivity index (χ4v) is 4.47. The Morgan fingerprint density at radius 1 is 0.761 bits per heavy atom. The Labute approximate surface area is 293 Å². The number of rotatable bonds is 7. The first-order chi connectivity index (χ1) is 21.2. The van der Waals surface area contributed by atoms with Gasteiger partial charge in [0.2, 0.25) is 5.52 Å². The number of alkyl carbamates (subject to hydrolysis) is 2.